The minimum Gasteiger partial charge on any atom is -0.315 e. The normalized spacial score (nSPS) is 19.4. The molecule has 2 rings (SSSR count). The molecule has 1 N–H and O–H groups in total. The fraction of sp³-hybridized carbons (Fsp3) is 0.462. The van der Waals surface area contributed by atoms with Gasteiger partial charge in [0.1, 0.15) is 9.84 Å². The molecule has 0 saturated heterocycles. The second-order valence-electron chi connectivity index (χ2n) is 4.85. The molecule has 1 aliphatic heterocycles. The Hall–Kier alpha value is -1.40. The van der Waals surface area contributed by atoms with Crippen molar-refractivity contribution < 1.29 is 13.2 Å². The number of hydrogen-bond acceptors (Lipinski definition) is 4. The number of hydrogen-bond donors (Lipinski definition) is 1. The third kappa shape index (κ3) is 3.33. The summed E-state index contributed by atoms with van der Waals surface area (Å²) in [4.78, 5) is 13.5. The molecule has 1 atom stereocenters. The molecule has 1 aromatic rings. The van der Waals surface area contributed by atoms with Crippen molar-refractivity contribution in [2.24, 2.45) is 0 Å². The monoisotopic (exact) mass is 282 g/mol. The third-order valence-electron chi connectivity index (χ3n) is 3.29. The van der Waals surface area contributed by atoms with Crippen LogP contribution in [0.2, 0.25) is 0 Å². The molecule has 0 radical (unpaired) electrons. The van der Waals surface area contributed by atoms with Crippen molar-refractivity contribution in [2.45, 2.75) is 12.5 Å². The molecule has 0 bridgehead atoms. The van der Waals surface area contributed by atoms with Crippen LogP contribution in [0.4, 0.5) is 5.69 Å². The predicted molar refractivity (Wildman–Crippen MR) is 74.9 cm³/mol. The first-order valence-electron chi connectivity index (χ1n) is 6.15. The highest BCUT2D eigenvalue weighted by Gasteiger charge is 2.28. The third-order valence-corrected chi connectivity index (χ3v) is 4.24. The van der Waals surface area contributed by atoms with E-state index >= 15 is 0 Å². The zero-order valence-electron chi connectivity index (χ0n) is 11.1. The maximum Gasteiger partial charge on any atom is 0.228 e. The van der Waals surface area contributed by atoms with Crippen molar-refractivity contribution in [3.05, 3.63) is 29.8 Å². The number of sulfone groups is 1. The summed E-state index contributed by atoms with van der Waals surface area (Å²) in [5.74, 6) is 0.117. The first kappa shape index (κ1) is 14.0. The number of nitrogens with zero attached hydrogens (tertiary/aromatic N) is 1. The lowest BCUT2D eigenvalue weighted by Gasteiger charge is -2.32. The summed E-state index contributed by atoms with van der Waals surface area (Å²) in [5, 5.41) is 3.16. The van der Waals surface area contributed by atoms with Gasteiger partial charge in [-0.3, -0.25) is 4.79 Å². The topological polar surface area (TPSA) is 66.5 Å². The number of anilines is 1. The standard InChI is InChI=1S/C13H18N2O3S/c1-15-12-6-4-3-5-10(12)11(9-13(15)16)14-7-8-19(2,17)18/h3-6,11,14H,7-9H2,1-2H3. The number of rotatable bonds is 4. The second-order valence-corrected chi connectivity index (χ2v) is 7.11. The molecular weight excluding hydrogens is 264 g/mol. The van der Waals surface area contributed by atoms with Crippen LogP contribution in [-0.2, 0) is 14.6 Å². The van der Waals surface area contributed by atoms with Gasteiger partial charge < -0.3 is 10.2 Å². The van der Waals surface area contributed by atoms with Crippen LogP contribution in [0.5, 0.6) is 0 Å². The number of carbonyl (C=O) groups is 1. The van der Waals surface area contributed by atoms with Gasteiger partial charge in [0.2, 0.25) is 5.91 Å². The van der Waals surface area contributed by atoms with Crippen LogP contribution in [0.3, 0.4) is 0 Å². The molecule has 0 saturated carbocycles. The number of nitrogens with one attached hydrogen (secondary N) is 1. The second kappa shape index (κ2) is 5.30. The average molecular weight is 282 g/mol. The summed E-state index contributed by atoms with van der Waals surface area (Å²) in [6.45, 7) is 0.356. The number of benzene rings is 1. The zero-order chi connectivity index (χ0) is 14.0. The smallest absolute Gasteiger partial charge is 0.228 e. The molecule has 1 heterocycles. The Labute approximate surface area is 113 Å². The molecule has 1 amide bonds. The lowest BCUT2D eigenvalue weighted by molar-refractivity contribution is -0.119. The van der Waals surface area contributed by atoms with E-state index in [1.807, 2.05) is 24.3 Å². The van der Waals surface area contributed by atoms with Gasteiger partial charge in [-0.2, -0.15) is 0 Å². The van der Waals surface area contributed by atoms with Crippen molar-refractivity contribution in [3.8, 4) is 0 Å². The fourth-order valence-electron chi connectivity index (χ4n) is 2.24. The number of amides is 1. The number of carbonyl (C=O) groups excluding carboxylic acids is 1. The van der Waals surface area contributed by atoms with Crippen LogP contribution < -0.4 is 10.2 Å². The number of para-hydroxylation sites is 1. The molecule has 0 aliphatic carbocycles. The van der Waals surface area contributed by atoms with E-state index in [2.05, 4.69) is 5.32 Å². The van der Waals surface area contributed by atoms with E-state index in [-0.39, 0.29) is 17.7 Å². The summed E-state index contributed by atoms with van der Waals surface area (Å²) in [7, 11) is -1.23. The molecule has 5 nitrogen and oxygen atoms in total. The van der Waals surface area contributed by atoms with Gasteiger partial charge in [-0.25, -0.2) is 8.42 Å². The van der Waals surface area contributed by atoms with E-state index in [0.717, 1.165) is 11.3 Å². The maximum absolute atomic E-state index is 11.9. The first-order valence-corrected chi connectivity index (χ1v) is 8.21. The molecule has 0 aromatic heterocycles. The molecule has 104 valence electrons. The van der Waals surface area contributed by atoms with Gasteiger partial charge >= 0.3 is 0 Å². The molecule has 0 spiro atoms. The summed E-state index contributed by atoms with van der Waals surface area (Å²) >= 11 is 0. The first-order chi connectivity index (χ1) is 8.88. The molecule has 0 fully saturated rings. The van der Waals surface area contributed by atoms with E-state index in [4.69, 9.17) is 0 Å². The molecule has 19 heavy (non-hydrogen) atoms. The van der Waals surface area contributed by atoms with Crippen LogP contribution in [0.15, 0.2) is 24.3 Å². The van der Waals surface area contributed by atoms with Gasteiger partial charge in [0, 0.05) is 38.0 Å². The van der Waals surface area contributed by atoms with E-state index in [0.29, 0.717) is 13.0 Å². The highest BCUT2D eigenvalue weighted by molar-refractivity contribution is 7.90. The number of fused-ring (bicyclic) bond motifs is 1. The van der Waals surface area contributed by atoms with Crippen LogP contribution in [-0.4, -0.2) is 39.9 Å². The summed E-state index contributed by atoms with van der Waals surface area (Å²) < 4.78 is 22.2. The Morgan fingerprint density at radius 1 is 1.37 bits per heavy atom. The van der Waals surface area contributed by atoms with Gasteiger partial charge in [-0.05, 0) is 11.6 Å². The molecule has 6 heteroatoms. The summed E-state index contributed by atoms with van der Waals surface area (Å²) in [5.41, 5.74) is 1.92. The quantitative estimate of drug-likeness (QED) is 0.884. The Balaban J connectivity index is 2.14. The Bertz CT molecular complexity index is 583. The van der Waals surface area contributed by atoms with Crippen LogP contribution in [0, 0.1) is 0 Å². The largest absolute Gasteiger partial charge is 0.315 e. The lowest BCUT2D eigenvalue weighted by Crippen LogP contribution is -2.39. The van der Waals surface area contributed by atoms with Gasteiger partial charge in [-0.15, -0.1) is 0 Å². The lowest BCUT2D eigenvalue weighted by atomic mass is 9.96. The maximum atomic E-state index is 11.9. The van der Waals surface area contributed by atoms with Gasteiger partial charge in [-0.1, -0.05) is 18.2 Å². The average Bonchev–Trinajstić information content (AvgIpc) is 2.34. The van der Waals surface area contributed by atoms with Gasteiger partial charge in [0.05, 0.1) is 5.75 Å². The van der Waals surface area contributed by atoms with Crippen molar-refractivity contribution in [1.82, 2.24) is 5.32 Å². The van der Waals surface area contributed by atoms with Crippen molar-refractivity contribution in [3.63, 3.8) is 0 Å². The fourth-order valence-corrected chi connectivity index (χ4v) is 2.73. The highest BCUT2D eigenvalue weighted by atomic mass is 32.2. The van der Waals surface area contributed by atoms with Gasteiger partial charge in [0.25, 0.3) is 0 Å². The van der Waals surface area contributed by atoms with Crippen LogP contribution in [0.25, 0.3) is 0 Å². The summed E-state index contributed by atoms with van der Waals surface area (Å²) in [6.07, 6.45) is 1.57. The molecule has 1 aliphatic rings. The van der Waals surface area contributed by atoms with Crippen LogP contribution >= 0.6 is 0 Å². The Morgan fingerprint density at radius 2 is 2.05 bits per heavy atom. The molecular formula is C13H18N2O3S. The predicted octanol–water partition coefficient (Wildman–Crippen LogP) is 0.728. The van der Waals surface area contributed by atoms with E-state index in [1.165, 1.54) is 6.26 Å². The minimum atomic E-state index is -2.98. The van der Waals surface area contributed by atoms with E-state index in [1.54, 1.807) is 11.9 Å². The van der Waals surface area contributed by atoms with Crippen molar-refractivity contribution in [1.29, 1.82) is 0 Å². The summed E-state index contributed by atoms with van der Waals surface area (Å²) in [6, 6.07) is 7.57. The van der Waals surface area contributed by atoms with Crippen molar-refractivity contribution in [2.75, 3.05) is 30.5 Å². The SMILES string of the molecule is CN1C(=O)CC(NCCS(C)(=O)=O)c2ccccc21. The highest BCUT2D eigenvalue weighted by Crippen LogP contribution is 2.33. The minimum absolute atomic E-state index is 0.0376. The van der Waals surface area contributed by atoms with Gasteiger partial charge in [0.15, 0.2) is 0 Å². The van der Waals surface area contributed by atoms with E-state index < -0.39 is 9.84 Å². The molecule has 1 aromatic carbocycles. The molecule has 1 unspecified atom stereocenters. The Morgan fingerprint density at radius 3 is 2.74 bits per heavy atom. The Kier molecular flexibility index (Phi) is 3.91. The van der Waals surface area contributed by atoms with Crippen molar-refractivity contribution >= 4 is 21.4 Å². The van der Waals surface area contributed by atoms with Crippen LogP contribution in [0.1, 0.15) is 18.0 Å². The zero-order valence-corrected chi connectivity index (χ0v) is 11.9. The van der Waals surface area contributed by atoms with E-state index in [9.17, 15) is 13.2 Å².